The van der Waals surface area contributed by atoms with Gasteiger partial charge in [0.25, 0.3) is 5.91 Å². The summed E-state index contributed by atoms with van der Waals surface area (Å²) in [5, 5.41) is 8.12. The fraction of sp³-hybridized carbons (Fsp3) is 0.500. The molecule has 4 aromatic rings. The van der Waals surface area contributed by atoms with Gasteiger partial charge in [0.2, 0.25) is 5.88 Å². The Kier molecular flexibility index (Phi) is 13.6. The van der Waals surface area contributed by atoms with Gasteiger partial charge in [-0.2, -0.15) is 13.2 Å². The van der Waals surface area contributed by atoms with Crippen molar-refractivity contribution in [2.24, 2.45) is 11.3 Å². The van der Waals surface area contributed by atoms with Crippen LogP contribution in [0, 0.1) is 11.3 Å². The molecule has 6 rings (SSSR count). The molecule has 2 aliphatic rings. The number of carbonyl (C=O) groups is 2. The minimum atomic E-state index is -4.19. The SMILES string of the molecule is CC(C)(C)OC(=O)N1C[C@@H](CCCNc2cc(OCc3ccccc3)cc(SNC(=O)c3ccc(-n4ccc(OCCCC5(C(F)(F)F)CC5)n4)nc3Cl)n2)CC1(C)C. The zero-order valence-electron chi connectivity index (χ0n) is 33.9. The standard InChI is InChI=1S/C42H51ClF3N7O5S/c1-39(2,3)58-38(55)52-26-29(25-40(52,4)5)13-9-20-47-32-23-30(57-27-28-11-7-6-8-12-28)24-35(48-32)59-51-37(54)31-14-15-33(49-36(31)43)53-21-16-34(50-53)56-22-10-17-41(18-19-41)42(44,45)46/h6-8,11-12,14-16,21,23-24,29H,9-10,13,17-20,22,25-27H2,1-5H3,(H,47,48)(H,51,54)/t29-/m0/s1. The highest BCUT2D eigenvalue weighted by Gasteiger charge is 2.62. The molecule has 2 fully saturated rings. The number of ether oxygens (including phenoxy) is 3. The lowest BCUT2D eigenvalue weighted by Gasteiger charge is -2.33. The van der Waals surface area contributed by atoms with Gasteiger partial charge in [0, 0.05) is 55.0 Å². The van der Waals surface area contributed by atoms with Crippen LogP contribution in [0.1, 0.15) is 95.5 Å². The number of halogens is 4. The van der Waals surface area contributed by atoms with Crippen molar-refractivity contribution in [1.82, 2.24) is 29.4 Å². The number of nitrogens with zero attached hydrogens (tertiary/aromatic N) is 5. The molecular weight excluding hydrogens is 807 g/mol. The van der Waals surface area contributed by atoms with E-state index in [1.807, 2.05) is 62.1 Å². The van der Waals surface area contributed by atoms with E-state index >= 15 is 0 Å². The Morgan fingerprint density at radius 3 is 2.46 bits per heavy atom. The number of benzene rings is 1. The Balaban J connectivity index is 1.03. The molecule has 1 aliphatic carbocycles. The smallest absolute Gasteiger partial charge is 0.410 e. The van der Waals surface area contributed by atoms with Crippen LogP contribution in [0.15, 0.2) is 71.9 Å². The highest BCUT2D eigenvalue weighted by molar-refractivity contribution is 7.97. The van der Waals surface area contributed by atoms with Crippen LogP contribution < -0.4 is 19.5 Å². The summed E-state index contributed by atoms with van der Waals surface area (Å²) in [5.74, 6) is 1.53. The number of aromatic nitrogens is 4. The van der Waals surface area contributed by atoms with Crippen LogP contribution in [0.5, 0.6) is 11.6 Å². The van der Waals surface area contributed by atoms with Gasteiger partial charge in [0.1, 0.15) is 34.0 Å². The number of likely N-dealkylation sites (tertiary alicyclic amines) is 1. The van der Waals surface area contributed by atoms with Crippen molar-refractivity contribution in [3.8, 4) is 17.4 Å². The Morgan fingerprint density at radius 1 is 1.00 bits per heavy atom. The molecule has 2 N–H and O–H groups in total. The third-order valence-electron chi connectivity index (χ3n) is 10.3. The molecule has 318 valence electrons. The summed E-state index contributed by atoms with van der Waals surface area (Å²) in [7, 11) is 0. The van der Waals surface area contributed by atoms with E-state index in [1.54, 1.807) is 24.4 Å². The van der Waals surface area contributed by atoms with E-state index in [-0.39, 0.29) is 60.5 Å². The number of anilines is 1. The van der Waals surface area contributed by atoms with Crippen molar-refractivity contribution in [2.45, 2.75) is 109 Å². The number of hydrogen-bond donors (Lipinski definition) is 2. The van der Waals surface area contributed by atoms with Gasteiger partial charge in [-0.3, -0.25) is 9.52 Å². The maximum atomic E-state index is 13.3. The van der Waals surface area contributed by atoms with E-state index < -0.39 is 23.1 Å². The van der Waals surface area contributed by atoms with Crippen molar-refractivity contribution in [2.75, 3.05) is 25.0 Å². The predicted octanol–water partition coefficient (Wildman–Crippen LogP) is 10.1. The van der Waals surface area contributed by atoms with E-state index in [9.17, 15) is 22.8 Å². The van der Waals surface area contributed by atoms with Crippen molar-refractivity contribution >= 4 is 41.4 Å². The molecule has 12 nitrogen and oxygen atoms in total. The molecule has 0 unspecified atom stereocenters. The van der Waals surface area contributed by atoms with Gasteiger partial charge >= 0.3 is 12.3 Å². The van der Waals surface area contributed by atoms with Crippen molar-refractivity contribution in [3.63, 3.8) is 0 Å². The number of alkyl halides is 3. The molecule has 0 radical (unpaired) electrons. The van der Waals surface area contributed by atoms with Gasteiger partial charge < -0.3 is 24.4 Å². The van der Waals surface area contributed by atoms with E-state index in [0.717, 1.165) is 36.8 Å². The predicted molar refractivity (Wildman–Crippen MR) is 220 cm³/mol. The normalized spacial score (nSPS) is 17.0. The monoisotopic (exact) mass is 857 g/mol. The topological polar surface area (TPSA) is 133 Å². The van der Waals surface area contributed by atoms with Gasteiger partial charge in [-0.15, -0.1) is 5.10 Å². The second-order valence-electron chi connectivity index (χ2n) is 16.7. The highest BCUT2D eigenvalue weighted by atomic mass is 35.5. The molecule has 1 aromatic carbocycles. The van der Waals surface area contributed by atoms with Crippen LogP contribution in [0.2, 0.25) is 5.15 Å². The lowest BCUT2D eigenvalue weighted by atomic mass is 9.93. The van der Waals surface area contributed by atoms with Gasteiger partial charge in [-0.1, -0.05) is 41.9 Å². The number of rotatable bonds is 17. The summed E-state index contributed by atoms with van der Waals surface area (Å²) in [6, 6.07) is 18.0. The van der Waals surface area contributed by atoms with E-state index in [1.165, 1.54) is 10.7 Å². The Hall–Kier alpha value is -4.70. The molecule has 4 heterocycles. The molecule has 1 aliphatic heterocycles. The van der Waals surface area contributed by atoms with Gasteiger partial charge in [0.15, 0.2) is 5.82 Å². The van der Waals surface area contributed by atoms with Crippen LogP contribution in [0.4, 0.5) is 23.8 Å². The zero-order valence-corrected chi connectivity index (χ0v) is 35.5. The Morgan fingerprint density at radius 2 is 1.76 bits per heavy atom. The third kappa shape index (κ3) is 12.0. The first-order chi connectivity index (χ1) is 27.9. The van der Waals surface area contributed by atoms with Crippen molar-refractivity contribution in [1.29, 1.82) is 0 Å². The second-order valence-corrected chi connectivity index (χ2v) is 17.9. The summed E-state index contributed by atoms with van der Waals surface area (Å²) in [4.78, 5) is 37.1. The quantitative estimate of drug-likeness (QED) is 0.0601. The van der Waals surface area contributed by atoms with Crippen molar-refractivity contribution in [3.05, 3.63) is 83.1 Å². The van der Waals surface area contributed by atoms with Crippen LogP contribution in [-0.2, 0) is 11.3 Å². The number of amides is 2. The minimum Gasteiger partial charge on any atom is -0.489 e. The maximum Gasteiger partial charge on any atom is 0.410 e. The largest absolute Gasteiger partial charge is 0.489 e. The van der Waals surface area contributed by atoms with E-state index in [0.29, 0.717) is 48.0 Å². The summed E-state index contributed by atoms with van der Waals surface area (Å²) < 4.78 is 61.2. The molecule has 0 bridgehead atoms. The number of nitrogens with one attached hydrogen (secondary N) is 2. The number of pyridine rings is 2. The molecule has 2 amide bonds. The molecule has 1 saturated heterocycles. The van der Waals surface area contributed by atoms with Crippen molar-refractivity contribution < 1.29 is 37.0 Å². The molecular formula is C42H51ClF3N7O5S. The highest BCUT2D eigenvalue weighted by Crippen LogP contribution is 2.60. The lowest BCUT2D eigenvalue weighted by Crippen LogP contribution is -2.45. The second kappa shape index (κ2) is 18.3. The molecule has 1 saturated carbocycles. The molecule has 59 heavy (non-hydrogen) atoms. The zero-order chi connectivity index (χ0) is 42.4. The van der Waals surface area contributed by atoms with Crippen LogP contribution in [-0.4, -0.2) is 73.7 Å². The van der Waals surface area contributed by atoms with E-state index in [4.69, 9.17) is 30.8 Å². The van der Waals surface area contributed by atoms with E-state index in [2.05, 4.69) is 34.0 Å². The Labute approximate surface area is 352 Å². The fourth-order valence-electron chi connectivity index (χ4n) is 7.07. The first-order valence-corrected chi connectivity index (χ1v) is 20.9. The minimum absolute atomic E-state index is 0.0248. The third-order valence-corrected chi connectivity index (χ3v) is 11.3. The molecule has 1 atom stereocenters. The average Bonchev–Trinajstić information content (AvgIpc) is 3.72. The van der Waals surface area contributed by atoms with Gasteiger partial charge in [-0.05, 0) is 103 Å². The summed E-state index contributed by atoms with van der Waals surface area (Å²) in [5.41, 5.74) is -1.29. The first-order valence-electron chi connectivity index (χ1n) is 19.7. The van der Waals surface area contributed by atoms with Crippen LogP contribution in [0.3, 0.4) is 0 Å². The summed E-state index contributed by atoms with van der Waals surface area (Å²) in [6.07, 6.45) is 0.371. The first kappa shape index (κ1) is 43.9. The van der Waals surface area contributed by atoms with Gasteiger partial charge in [-0.25, -0.2) is 19.4 Å². The molecule has 3 aromatic heterocycles. The average molecular weight is 858 g/mol. The fourth-order valence-corrected chi connectivity index (χ4v) is 7.94. The molecule has 17 heteroatoms. The summed E-state index contributed by atoms with van der Waals surface area (Å²) >= 11 is 7.47. The number of carbonyl (C=O) groups excluding carboxylic acids is 2. The van der Waals surface area contributed by atoms with Crippen LogP contribution in [0.25, 0.3) is 5.82 Å². The van der Waals surface area contributed by atoms with Crippen LogP contribution >= 0.6 is 23.5 Å². The number of hydrogen-bond acceptors (Lipinski definition) is 10. The van der Waals surface area contributed by atoms with Gasteiger partial charge in [0.05, 0.1) is 17.6 Å². The summed E-state index contributed by atoms with van der Waals surface area (Å²) in [6.45, 7) is 11.5. The maximum absolute atomic E-state index is 13.3. The molecule has 0 spiro atoms. The lowest BCUT2D eigenvalue weighted by molar-refractivity contribution is -0.189. The Bertz CT molecular complexity index is 2080.